The number of hydrogen-bond donors (Lipinski definition) is 2. The third-order valence-corrected chi connectivity index (χ3v) is 8.48. The summed E-state index contributed by atoms with van der Waals surface area (Å²) in [6, 6.07) is 21.6. The van der Waals surface area contributed by atoms with Crippen LogP contribution in [0.1, 0.15) is 42.4 Å². The minimum absolute atomic E-state index is 0.00411. The molecule has 7 nitrogen and oxygen atoms in total. The predicted molar refractivity (Wildman–Crippen MR) is 157 cm³/mol. The van der Waals surface area contributed by atoms with E-state index in [4.69, 9.17) is 26.9 Å². The maximum absolute atomic E-state index is 5.77. The maximum atomic E-state index is 5.77. The minimum atomic E-state index is -0.00411. The van der Waals surface area contributed by atoms with E-state index >= 15 is 0 Å². The summed E-state index contributed by atoms with van der Waals surface area (Å²) in [6.07, 6.45) is 5.35. The molecule has 0 saturated carbocycles. The summed E-state index contributed by atoms with van der Waals surface area (Å²) < 4.78 is 5.70. The van der Waals surface area contributed by atoms with Gasteiger partial charge >= 0.3 is 0 Å². The van der Waals surface area contributed by atoms with Gasteiger partial charge < -0.3 is 25.2 Å². The molecule has 4 heterocycles. The molecule has 0 amide bonds. The van der Waals surface area contributed by atoms with Gasteiger partial charge in [-0.15, -0.1) is 0 Å². The number of nitrogens with one attached hydrogen (secondary N) is 2. The lowest BCUT2D eigenvalue weighted by molar-refractivity contribution is 0.0515. The van der Waals surface area contributed by atoms with Gasteiger partial charge in [0.05, 0.1) is 0 Å². The molecule has 38 heavy (non-hydrogen) atoms. The molecule has 6 rings (SSSR count). The van der Waals surface area contributed by atoms with E-state index in [1.807, 2.05) is 0 Å². The molecule has 2 aromatic carbocycles. The van der Waals surface area contributed by atoms with Crippen LogP contribution in [0.15, 0.2) is 60.7 Å². The van der Waals surface area contributed by atoms with E-state index in [1.165, 1.54) is 29.5 Å². The van der Waals surface area contributed by atoms with Crippen molar-refractivity contribution in [2.75, 3.05) is 54.5 Å². The van der Waals surface area contributed by atoms with Crippen molar-refractivity contribution < 1.29 is 4.74 Å². The molecular formula is C30H36N6OS. The number of fused-ring (bicyclic) bond motifs is 1. The number of rotatable bonds is 6. The molecule has 2 fully saturated rings. The first kappa shape index (κ1) is 25.1. The Labute approximate surface area is 230 Å². The average Bonchev–Trinajstić information content (AvgIpc) is 3.52. The lowest BCUT2D eigenvalue weighted by atomic mass is 9.74. The fourth-order valence-electron chi connectivity index (χ4n) is 5.96. The Morgan fingerprint density at radius 2 is 1.55 bits per heavy atom. The van der Waals surface area contributed by atoms with Crippen LogP contribution < -0.4 is 20.4 Å². The molecule has 198 valence electrons. The third kappa shape index (κ3) is 5.47. The summed E-state index contributed by atoms with van der Waals surface area (Å²) in [5, 5.41) is 7.38. The van der Waals surface area contributed by atoms with Gasteiger partial charge in [-0.1, -0.05) is 54.6 Å². The van der Waals surface area contributed by atoms with Crippen molar-refractivity contribution >= 4 is 34.9 Å². The molecule has 2 N–H and O–H groups in total. The van der Waals surface area contributed by atoms with Crippen molar-refractivity contribution in [2.24, 2.45) is 0 Å². The summed E-state index contributed by atoms with van der Waals surface area (Å²) >= 11 is 5.77. The van der Waals surface area contributed by atoms with Crippen LogP contribution in [0, 0.1) is 0 Å². The fraction of sp³-hybridized carbons (Fsp3) is 0.433. The number of aromatic nitrogens is 2. The first-order valence-corrected chi connectivity index (χ1v) is 14.2. The summed E-state index contributed by atoms with van der Waals surface area (Å²) in [6.45, 7) is 6.13. The first-order chi connectivity index (χ1) is 18.7. The van der Waals surface area contributed by atoms with E-state index in [0.29, 0.717) is 11.1 Å². The topological polar surface area (TPSA) is 65.6 Å². The van der Waals surface area contributed by atoms with Crippen molar-refractivity contribution in [1.29, 1.82) is 0 Å². The lowest BCUT2D eigenvalue weighted by Gasteiger charge is -2.38. The molecule has 1 aromatic heterocycles. The van der Waals surface area contributed by atoms with Crippen molar-refractivity contribution in [3.63, 3.8) is 0 Å². The Morgan fingerprint density at radius 3 is 2.32 bits per heavy atom. The van der Waals surface area contributed by atoms with Gasteiger partial charge in [0, 0.05) is 57.4 Å². The second kappa shape index (κ2) is 11.3. The first-order valence-electron chi connectivity index (χ1n) is 13.8. The molecule has 3 aromatic rings. The number of thiocarbonyl (C=S) groups is 1. The van der Waals surface area contributed by atoms with E-state index in [1.54, 1.807) is 0 Å². The second-order valence-corrected chi connectivity index (χ2v) is 11.0. The van der Waals surface area contributed by atoms with Crippen molar-refractivity contribution in [1.82, 2.24) is 15.3 Å². The fourth-order valence-corrected chi connectivity index (χ4v) is 6.12. The molecule has 0 unspecified atom stereocenters. The normalized spacial score (nSPS) is 18.6. The van der Waals surface area contributed by atoms with E-state index in [-0.39, 0.29) is 5.41 Å². The number of ether oxygens (including phenoxy) is 1. The van der Waals surface area contributed by atoms with Crippen LogP contribution >= 0.6 is 12.2 Å². The highest BCUT2D eigenvalue weighted by Crippen LogP contribution is 2.34. The van der Waals surface area contributed by atoms with Gasteiger partial charge in [0.15, 0.2) is 5.11 Å². The SMILES string of the molecule is S=C(NCC1(c2ccccc2)CCOCC1)Nc1nc(N2CCCC2)cc(N2CCc3ccccc3C2)n1. The highest BCUT2D eigenvalue weighted by molar-refractivity contribution is 7.80. The quantitative estimate of drug-likeness (QED) is 0.448. The van der Waals surface area contributed by atoms with E-state index in [0.717, 1.165) is 76.8 Å². The van der Waals surface area contributed by atoms with E-state index in [2.05, 4.69) is 81.1 Å². The van der Waals surface area contributed by atoms with Gasteiger partial charge in [-0.25, -0.2) is 0 Å². The van der Waals surface area contributed by atoms with E-state index in [9.17, 15) is 0 Å². The van der Waals surface area contributed by atoms with Crippen LogP contribution in [0.2, 0.25) is 0 Å². The van der Waals surface area contributed by atoms with Gasteiger partial charge in [-0.2, -0.15) is 9.97 Å². The molecule has 0 aliphatic carbocycles. The number of nitrogens with zero attached hydrogens (tertiary/aromatic N) is 4. The van der Waals surface area contributed by atoms with Crippen LogP contribution in [-0.2, 0) is 23.1 Å². The van der Waals surface area contributed by atoms with E-state index < -0.39 is 0 Å². The Morgan fingerprint density at radius 1 is 0.868 bits per heavy atom. The molecule has 8 heteroatoms. The monoisotopic (exact) mass is 528 g/mol. The molecular weight excluding hydrogens is 492 g/mol. The average molecular weight is 529 g/mol. The zero-order valence-electron chi connectivity index (χ0n) is 21.9. The van der Waals surface area contributed by atoms with Gasteiger partial charge in [-0.05, 0) is 61.0 Å². The van der Waals surface area contributed by atoms with Gasteiger partial charge in [0.25, 0.3) is 0 Å². The molecule has 0 spiro atoms. The molecule has 2 saturated heterocycles. The van der Waals surface area contributed by atoms with Crippen molar-refractivity contribution in [2.45, 2.75) is 44.1 Å². The molecule has 3 aliphatic heterocycles. The van der Waals surface area contributed by atoms with Gasteiger partial charge in [0.2, 0.25) is 5.95 Å². The van der Waals surface area contributed by atoms with Crippen molar-refractivity contribution in [3.05, 3.63) is 77.4 Å². The molecule has 0 radical (unpaired) electrons. The Bertz CT molecular complexity index is 1260. The Balaban J connectivity index is 1.20. The third-order valence-electron chi connectivity index (χ3n) is 8.23. The van der Waals surface area contributed by atoms with Crippen LogP contribution in [0.5, 0.6) is 0 Å². The maximum Gasteiger partial charge on any atom is 0.232 e. The number of hydrogen-bond acceptors (Lipinski definition) is 6. The zero-order chi connectivity index (χ0) is 25.8. The molecule has 3 aliphatic rings. The number of benzene rings is 2. The summed E-state index contributed by atoms with van der Waals surface area (Å²) in [5.41, 5.74) is 4.13. The molecule has 0 atom stereocenters. The van der Waals surface area contributed by atoms with Crippen LogP contribution in [0.4, 0.5) is 17.6 Å². The van der Waals surface area contributed by atoms with Crippen LogP contribution in [-0.4, -0.2) is 54.5 Å². The van der Waals surface area contributed by atoms with Gasteiger partial charge in [-0.3, -0.25) is 0 Å². The lowest BCUT2D eigenvalue weighted by Crippen LogP contribution is -2.45. The minimum Gasteiger partial charge on any atom is -0.381 e. The highest BCUT2D eigenvalue weighted by atomic mass is 32.1. The predicted octanol–water partition coefficient (Wildman–Crippen LogP) is 4.67. The van der Waals surface area contributed by atoms with Gasteiger partial charge in [0.1, 0.15) is 11.6 Å². The smallest absolute Gasteiger partial charge is 0.232 e. The number of anilines is 3. The summed E-state index contributed by atoms with van der Waals surface area (Å²) in [4.78, 5) is 14.6. The largest absolute Gasteiger partial charge is 0.381 e. The standard InChI is InChI=1S/C30H36N6OS/c38-29(31-22-30(13-18-37-19-14-30)25-10-2-1-3-11-25)34-28-32-26(35-15-6-7-16-35)20-27(33-28)36-17-12-23-8-4-5-9-24(23)21-36/h1-5,8-11,20H,6-7,12-19,21-22H2,(H2,31,32,33,34,38). The van der Waals surface area contributed by atoms with Crippen LogP contribution in [0.25, 0.3) is 0 Å². The summed E-state index contributed by atoms with van der Waals surface area (Å²) in [7, 11) is 0. The summed E-state index contributed by atoms with van der Waals surface area (Å²) in [5.74, 6) is 2.48. The Hall–Kier alpha value is -3.23. The second-order valence-electron chi connectivity index (χ2n) is 10.6. The Kier molecular flexibility index (Phi) is 7.42. The zero-order valence-corrected chi connectivity index (χ0v) is 22.7. The van der Waals surface area contributed by atoms with Crippen molar-refractivity contribution in [3.8, 4) is 0 Å². The molecule has 0 bridgehead atoms. The highest BCUT2D eigenvalue weighted by Gasteiger charge is 2.34. The van der Waals surface area contributed by atoms with Crippen LogP contribution in [0.3, 0.4) is 0 Å².